The van der Waals surface area contributed by atoms with Crippen LogP contribution in [0, 0.1) is 0 Å². The van der Waals surface area contributed by atoms with Crippen molar-refractivity contribution in [2.45, 2.75) is 18.8 Å². The third-order valence-electron chi connectivity index (χ3n) is 4.84. The highest BCUT2D eigenvalue weighted by molar-refractivity contribution is 9.10. The summed E-state index contributed by atoms with van der Waals surface area (Å²) in [6, 6.07) is 16.6. The van der Waals surface area contributed by atoms with Crippen molar-refractivity contribution in [2.75, 3.05) is 23.7 Å². The van der Waals surface area contributed by atoms with Crippen molar-refractivity contribution in [3.05, 3.63) is 69.1 Å². The molecule has 1 fully saturated rings. The van der Waals surface area contributed by atoms with Gasteiger partial charge in [0.2, 0.25) is 5.01 Å². The maximum absolute atomic E-state index is 12.7. The van der Waals surface area contributed by atoms with E-state index < -0.39 is 0 Å². The molecule has 0 radical (unpaired) electrons. The summed E-state index contributed by atoms with van der Waals surface area (Å²) in [5.74, 6) is -0.205. The first-order valence-electron chi connectivity index (χ1n) is 9.60. The van der Waals surface area contributed by atoms with Crippen molar-refractivity contribution in [1.29, 1.82) is 0 Å². The molecule has 30 heavy (non-hydrogen) atoms. The Balaban J connectivity index is 1.39. The second-order valence-corrected chi connectivity index (χ2v) is 8.82. The van der Waals surface area contributed by atoms with E-state index in [1.54, 1.807) is 4.90 Å². The summed E-state index contributed by atoms with van der Waals surface area (Å²) >= 11 is 4.74. The number of piperidine rings is 1. The molecule has 4 rings (SSSR count). The summed E-state index contributed by atoms with van der Waals surface area (Å²) in [6.45, 7) is 1.23. The number of rotatable bonds is 4. The third kappa shape index (κ3) is 4.85. The largest absolute Gasteiger partial charge is 0.324 e. The molecule has 0 spiro atoms. The minimum atomic E-state index is -0.274. The van der Waals surface area contributed by atoms with Gasteiger partial charge in [-0.2, -0.15) is 0 Å². The van der Waals surface area contributed by atoms with Gasteiger partial charge in [0.15, 0.2) is 0 Å². The van der Waals surface area contributed by atoms with Gasteiger partial charge < -0.3 is 15.5 Å². The van der Waals surface area contributed by atoms with Gasteiger partial charge in [0.25, 0.3) is 5.91 Å². The van der Waals surface area contributed by atoms with Crippen LogP contribution in [-0.4, -0.2) is 40.1 Å². The van der Waals surface area contributed by atoms with E-state index in [1.807, 2.05) is 54.6 Å². The maximum atomic E-state index is 12.7. The lowest BCUT2D eigenvalue weighted by Crippen LogP contribution is -2.41. The van der Waals surface area contributed by atoms with Gasteiger partial charge in [-0.15, -0.1) is 10.2 Å². The number of nitrogens with zero attached hydrogens (tertiary/aromatic N) is 3. The van der Waals surface area contributed by atoms with E-state index >= 15 is 0 Å². The number of nitrogens with one attached hydrogen (secondary N) is 2. The van der Waals surface area contributed by atoms with E-state index in [2.05, 4.69) is 36.8 Å². The molecule has 2 N–H and O–H groups in total. The summed E-state index contributed by atoms with van der Waals surface area (Å²) in [4.78, 5) is 26.9. The Kier molecular flexibility index (Phi) is 6.39. The quantitative estimate of drug-likeness (QED) is 0.546. The number of likely N-dealkylation sites (tertiary alicyclic amines) is 1. The van der Waals surface area contributed by atoms with Crippen LogP contribution < -0.4 is 10.6 Å². The molecule has 1 aliphatic heterocycles. The van der Waals surface area contributed by atoms with Crippen molar-refractivity contribution in [1.82, 2.24) is 15.1 Å². The first kappa shape index (κ1) is 20.5. The molecule has 9 heteroatoms. The smallest absolute Gasteiger partial charge is 0.321 e. The molecule has 3 aromatic rings. The van der Waals surface area contributed by atoms with Gasteiger partial charge in [0, 0.05) is 29.2 Å². The predicted octanol–water partition coefficient (Wildman–Crippen LogP) is 4.96. The number of carbonyl (C=O) groups is 2. The zero-order valence-corrected chi connectivity index (χ0v) is 18.4. The predicted molar refractivity (Wildman–Crippen MR) is 121 cm³/mol. The average molecular weight is 486 g/mol. The third-order valence-corrected chi connectivity index (χ3v) is 6.62. The molecule has 2 heterocycles. The summed E-state index contributed by atoms with van der Waals surface area (Å²) < 4.78 is 0.838. The highest BCUT2D eigenvalue weighted by Crippen LogP contribution is 2.30. The van der Waals surface area contributed by atoms with E-state index in [9.17, 15) is 9.59 Å². The van der Waals surface area contributed by atoms with E-state index in [0.29, 0.717) is 23.8 Å². The van der Waals surface area contributed by atoms with Crippen molar-refractivity contribution >= 4 is 50.6 Å². The summed E-state index contributed by atoms with van der Waals surface area (Å²) in [7, 11) is 0. The Morgan fingerprint density at radius 2 is 1.80 bits per heavy atom. The van der Waals surface area contributed by atoms with Gasteiger partial charge in [-0.25, -0.2) is 4.79 Å². The number of halogens is 1. The van der Waals surface area contributed by atoms with Crippen LogP contribution in [0.4, 0.5) is 16.2 Å². The lowest BCUT2D eigenvalue weighted by molar-refractivity contribution is 0.102. The van der Waals surface area contributed by atoms with Gasteiger partial charge >= 0.3 is 6.03 Å². The van der Waals surface area contributed by atoms with Gasteiger partial charge in [0.1, 0.15) is 5.01 Å². The van der Waals surface area contributed by atoms with E-state index in [1.165, 1.54) is 11.3 Å². The van der Waals surface area contributed by atoms with Crippen LogP contribution in [0.5, 0.6) is 0 Å². The zero-order valence-electron chi connectivity index (χ0n) is 16.0. The van der Waals surface area contributed by atoms with Crippen molar-refractivity contribution in [2.24, 2.45) is 0 Å². The van der Waals surface area contributed by atoms with Crippen LogP contribution in [0.1, 0.15) is 33.6 Å². The van der Waals surface area contributed by atoms with E-state index in [-0.39, 0.29) is 17.9 Å². The van der Waals surface area contributed by atoms with Crippen molar-refractivity contribution < 1.29 is 9.59 Å². The summed E-state index contributed by atoms with van der Waals surface area (Å²) in [6.07, 6.45) is 1.78. The monoisotopic (exact) mass is 485 g/mol. The Hall–Kier alpha value is -2.78. The lowest BCUT2D eigenvalue weighted by Gasteiger charge is -2.31. The van der Waals surface area contributed by atoms with Crippen LogP contribution in [0.3, 0.4) is 0 Å². The minimum absolute atomic E-state index is 0.0690. The van der Waals surface area contributed by atoms with Crippen molar-refractivity contribution in [3.8, 4) is 0 Å². The van der Waals surface area contributed by atoms with Crippen molar-refractivity contribution in [3.63, 3.8) is 0 Å². The Morgan fingerprint density at radius 3 is 2.60 bits per heavy atom. The molecule has 0 aliphatic carbocycles. The van der Waals surface area contributed by atoms with Crippen LogP contribution in [-0.2, 0) is 0 Å². The number of para-hydroxylation sites is 2. The van der Waals surface area contributed by atoms with E-state index in [4.69, 9.17) is 0 Å². The summed E-state index contributed by atoms with van der Waals surface area (Å²) in [5, 5.41) is 15.2. The molecular weight excluding hydrogens is 466 g/mol. The normalized spacial score (nSPS) is 16.2. The van der Waals surface area contributed by atoms with Gasteiger partial charge in [0.05, 0.1) is 5.69 Å². The maximum Gasteiger partial charge on any atom is 0.321 e. The molecule has 7 nitrogen and oxygen atoms in total. The zero-order chi connectivity index (χ0) is 20.9. The fourth-order valence-corrected chi connectivity index (χ4v) is 4.57. The molecule has 1 unspecified atom stereocenters. The first-order chi connectivity index (χ1) is 14.6. The minimum Gasteiger partial charge on any atom is -0.324 e. The molecule has 0 bridgehead atoms. The second kappa shape index (κ2) is 9.36. The molecule has 154 valence electrons. The SMILES string of the molecule is O=C(Nc1ccccc1)c1nnc(C2CCCN(C(=O)Nc3ccccc3Br)C2)s1. The number of hydrogen-bond donors (Lipinski definition) is 2. The van der Waals surface area contributed by atoms with Crippen LogP contribution in [0.25, 0.3) is 0 Å². The second-order valence-electron chi connectivity index (χ2n) is 6.96. The van der Waals surface area contributed by atoms with Gasteiger partial charge in [-0.1, -0.05) is 41.7 Å². The fourth-order valence-electron chi connectivity index (χ4n) is 3.32. The van der Waals surface area contributed by atoms with Crippen LogP contribution in [0.2, 0.25) is 0 Å². The highest BCUT2D eigenvalue weighted by atomic mass is 79.9. The van der Waals surface area contributed by atoms with E-state index in [0.717, 1.165) is 28.0 Å². The number of carbonyl (C=O) groups excluding carboxylic acids is 2. The number of benzene rings is 2. The number of aromatic nitrogens is 2. The molecular formula is C21H20BrN5O2S. The van der Waals surface area contributed by atoms with Crippen LogP contribution >= 0.6 is 27.3 Å². The summed E-state index contributed by atoms with van der Waals surface area (Å²) in [5.41, 5.74) is 1.45. The topological polar surface area (TPSA) is 87.2 Å². The molecule has 1 aliphatic rings. The average Bonchev–Trinajstić information content (AvgIpc) is 3.27. The Bertz CT molecular complexity index is 1040. The molecule has 0 saturated carbocycles. The molecule has 2 aromatic carbocycles. The standard InChI is InChI=1S/C21H20BrN5O2S/c22-16-10-4-5-11-17(16)24-21(29)27-12-6-7-14(13-27)19-25-26-20(30-19)18(28)23-15-8-2-1-3-9-15/h1-5,8-11,14H,6-7,12-13H2,(H,23,28)(H,24,29). The van der Waals surface area contributed by atoms with Gasteiger partial charge in [-0.05, 0) is 53.0 Å². The molecule has 1 saturated heterocycles. The number of hydrogen-bond acceptors (Lipinski definition) is 5. The Morgan fingerprint density at radius 1 is 1.03 bits per heavy atom. The highest BCUT2D eigenvalue weighted by Gasteiger charge is 2.28. The number of anilines is 2. The Labute approximate surface area is 186 Å². The fraction of sp³-hybridized carbons (Fsp3) is 0.238. The number of amides is 3. The van der Waals surface area contributed by atoms with Crippen LogP contribution in [0.15, 0.2) is 59.1 Å². The molecule has 1 aromatic heterocycles. The number of urea groups is 1. The molecule has 1 atom stereocenters. The molecule has 3 amide bonds. The van der Waals surface area contributed by atoms with Gasteiger partial charge in [-0.3, -0.25) is 4.79 Å². The first-order valence-corrected chi connectivity index (χ1v) is 11.2. The lowest BCUT2D eigenvalue weighted by atomic mass is 9.99.